The molecule has 0 spiro atoms. The summed E-state index contributed by atoms with van der Waals surface area (Å²) in [6, 6.07) is 0.316. The Morgan fingerprint density at radius 2 is 2.46 bits per heavy atom. The topological polar surface area (TPSA) is 72.9 Å². The third kappa shape index (κ3) is 2.02. The van der Waals surface area contributed by atoms with Gasteiger partial charge in [-0.2, -0.15) is 4.80 Å². The van der Waals surface area contributed by atoms with E-state index in [1.165, 1.54) is 4.80 Å². The van der Waals surface area contributed by atoms with E-state index in [1.807, 2.05) is 0 Å². The molecule has 1 aromatic rings. The first-order valence-corrected chi connectivity index (χ1v) is 4.45. The largest absolute Gasteiger partial charge is 0.326 e. The second-order valence-corrected chi connectivity index (χ2v) is 3.48. The maximum absolute atomic E-state index is 5.78. The number of likely N-dealkylation sites (tertiary alicyclic amines) is 1. The monoisotopic (exact) mass is 182 g/mol. The number of hydrogen-bond acceptors (Lipinski definition) is 5. The Balaban J connectivity index is 1.91. The second kappa shape index (κ2) is 3.39. The Morgan fingerprint density at radius 1 is 1.62 bits per heavy atom. The molecular weight excluding hydrogens is 168 g/mol. The highest BCUT2D eigenvalue weighted by Gasteiger charge is 2.20. The second-order valence-electron chi connectivity index (χ2n) is 3.48. The minimum Gasteiger partial charge on any atom is -0.326 e. The zero-order valence-electron chi connectivity index (χ0n) is 7.72. The van der Waals surface area contributed by atoms with Gasteiger partial charge >= 0.3 is 0 Å². The van der Waals surface area contributed by atoms with Crippen LogP contribution in [0.4, 0.5) is 0 Å². The number of nitrogens with zero attached hydrogens (tertiary/aromatic N) is 5. The molecular formula is C7H14N6. The fourth-order valence-corrected chi connectivity index (χ4v) is 1.59. The molecule has 72 valence electrons. The highest BCUT2D eigenvalue weighted by Crippen LogP contribution is 2.08. The lowest BCUT2D eigenvalue weighted by Crippen LogP contribution is -2.26. The lowest BCUT2D eigenvalue weighted by atomic mass is 10.3. The molecule has 13 heavy (non-hydrogen) atoms. The molecule has 1 aliphatic heterocycles. The molecule has 0 aromatic carbocycles. The average Bonchev–Trinajstić information content (AvgIpc) is 2.62. The van der Waals surface area contributed by atoms with Crippen molar-refractivity contribution in [2.24, 2.45) is 12.8 Å². The van der Waals surface area contributed by atoms with E-state index in [9.17, 15) is 0 Å². The van der Waals surface area contributed by atoms with E-state index < -0.39 is 0 Å². The van der Waals surface area contributed by atoms with Crippen LogP contribution >= 0.6 is 0 Å². The minimum absolute atomic E-state index is 0.316. The quantitative estimate of drug-likeness (QED) is 0.618. The standard InChI is InChI=1S/C7H14N6/c1-12-10-7(9-11-12)5-13-3-2-6(8)4-13/h6H,2-5,8H2,1H3. The van der Waals surface area contributed by atoms with Crippen LogP contribution < -0.4 is 5.73 Å². The fourth-order valence-electron chi connectivity index (χ4n) is 1.59. The normalized spacial score (nSPS) is 24.0. The molecule has 6 heteroatoms. The molecule has 1 aromatic heterocycles. The number of nitrogens with two attached hydrogens (primary N) is 1. The van der Waals surface area contributed by atoms with E-state index in [2.05, 4.69) is 20.3 Å². The van der Waals surface area contributed by atoms with Crippen LogP contribution in [0.15, 0.2) is 0 Å². The lowest BCUT2D eigenvalue weighted by molar-refractivity contribution is 0.317. The van der Waals surface area contributed by atoms with Crippen molar-refractivity contribution in [3.63, 3.8) is 0 Å². The molecule has 1 fully saturated rings. The fraction of sp³-hybridized carbons (Fsp3) is 0.857. The maximum atomic E-state index is 5.78. The van der Waals surface area contributed by atoms with Gasteiger partial charge in [-0.25, -0.2) is 0 Å². The van der Waals surface area contributed by atoms with Crippen LogP contribution in [-0.2, 0) is 13.6 Å². The van der Waals surface area contributed by atoms with Crippen LogP contribution in [0.25, 0.3) is 0 Å². The van der Waals surface area contributed by atoms with Gasteiger partial charge in [0.2, 0.25) is 0 Å². The van der Waals surface area contributed by atoms with E-state index in [0.29, 0.717) is 6.04 Å². The molecule has 0 radical (unpaired) electrons. The molecule has 6 nitrogen and oxygen atoms in total. The summed E-state index contributed by atoms with van der Waals surface area (Å²) in [5.41, 5.74) is 5.78. The van der Waals surface area contributed by atoms with Gasteiger partial charge in [-0.15, -0.1) is 10.2 Å². The van der Waals surface area contributed by atoms with Gasteiger partial charge in [-0.3, -0.25) is 4.90 Å². The van der Waals surface area contributed by atoms with Crippen LogP contribution in [0, 0.1) is 0 Å². The van der Waals surface area contributed by atoms with Gasteiger partial charge in [0.1, 0.15) is 0 Å². The van der Waals surface area contributed by atoms with E-state index >= 15 is 0 Å². The predicted octanol–water partition coefficient (Wildman–Crippen LogP) is -1.26. The first-order valence-electron chi connectivity index (χ1n) is 4.45. The summed E-state index contributed by atoms with van der Waals surface area (Å²) in [6.45, 7) is 2.75. The summed E-state index contributed by atoms with van der Waals surface area (Å²) in [4.78, 5) is 3.73. The number of aromatic nitrogens is 4. The van der Waals surface area contributed by atoms with Crippen molar-refractivity contribution in [1.29, 1.82) is 0 Å². The van der Waals surface area contributed by atoms with Gasteiger partial charge < -0.3 is 5.73 Å². The van der Waals surface area contributed by atoms with Crippen molar-refractivity contribution in [2.45, 2.75) is 19.0 Å². The lowest BCUT2D eigenvalue weighted by Gasteiger charge is -2.11. The molecule has 0 saturated carbocycles. The van der Waals surface area contributed by atoms with Gasteiger partial charge in [0.15, 0.2) is 5.82 Å². The summed E-state index contributed by atoms with van der Waals surface area (Å²) in [7, 11) is 1.77. The highest BCUT2D eigenvalue weighted by molar-refractivity contribution is 4.83. The van der Waals surface area contributed by atoms with Crippen molar-refractivity contribution in [3.8, 4) is 0 Å². The van der Waals surface area contributed by atoms with Gasteiger partial charge in [0.25, 0.3) is 0 Å². The predicted molar refractivity (Wildman–Crippen MR) is 46.7 cm³/mol. The Hall–Kier alpha value is -1.01. The van der Waals surface area contributed by atoms with Crippen molar-refractivity contribution >= 4 is 0 Å². The first-order chi connectivity index (χ1) is 6.24. The highest BCUT2D eigenvalue weighted by atomic mass is 15.6. The van der Waals surface area contributed by atoms with Crippen molar-refractivity contribution in [3.05, 3.63) is 5.82 Å². The summed E-state index contributed by atoms with van der Waals surface area (Å²) in [6.07, 6.45) is 1.07. The SMILES string of the molecule is Cn1nnc(CN2CCC(N)C2)n1. The van der Waals surface area contributed by atoms with E-state index in [0.717, 1.165) is 31.9 Å². The van der Waals surface area contributed by atoms with Crippen LogP contribution in [0.5, 0.6) is 0 Å². The zero-order chi connectivity index (χ0) is 9.26. The number of aryl methyl sites for hydroxylation is 1. The summed E-state index contributed by atoms with van der Waals surface area (Å²) < 4.78 is 0. The van der Waals surface area contributed by atoms with Gasteiger partial charge in [0, 0.05) is 19.1 Å². The van der Waals surface area contributed by atoms with E-state index in [4.69, 9.17) is 5.73 Å². The van der Waals surface area contributed by atoms with E-state index in [-0.39, 0.29) is 0 Å². The molecule has 0 aliphatic carbocycles. The van der Waals surface area contributed by atoms with Crippen molar-refractivity contribution < 1.29 is 0 Å². The smallest absolute Gasteiger partial charge is 0.188 e. The number of tetrazole rings is 1. The van der Waals surface area contributed by atoms with Crippen LogP contribution in [0.2, 0.25) is 0 Å². The Bertz CT molecular complexity index is 282. The molecule has 2 N–H and O–H groups in total. The molecule has 0 bridgehead atoms. The third-order valence-corrected chi connectivity index (χ3v) is 2.22. The molecule has 1 atom stereocenters. The summed E-state index contributed by atoms with van der Waals surface area (Å²) in [5, 5.41) is 11.8. The molecule has 1 unspecified atom stereocenters. The average molecular weight is 182 g/mol. The van der Waals surface area contributed by atoms with Crippen LogP contribution in [0.1, 0.15) is 12.2 Å². The maximum Gasteiger partial charge on any atom is 0.188 e. The van der Waals surface area contributed by atoms with Gasteiger partial charge in [0.05, 0.1) is 13.6 Å². The summed E-state index contributed by atoms with van der Waals surface area (Å²) in [5.74, 6) is 0.775. The van der Waals surface area contributed by atoms with Crippen LogP contribution in [-0.4, -0.2) is 44.2 Å². The molecule has 1 saturated heterocycles. The van der Waals surface area contributed by atoms with Crippen molar-refractivity contribution in [1.82, 2.24) is 25.1 Å². The van der Waals surface area contributed by atoms with Gasteiger partial charge in [-0.05, 0) is 11.6 Å². The Morgan fingerprint density at radius 3 is 3.00 bits per heavy atom. The summed E-state index contributed by atoms with van der Waals surface area (Å²) >= 11 is 0. The Kier molecular flexibility index (Phi) is 2.24. The van der Waals surface area contributed by atoms with Crippen molar-refractivity contribution in [2.75, 3.05) is 13.1 Å². The molecule has 1 aliphatic rings. The first kappa shape index (κ1) is 8.58. The third-order valence-electron chi connectivity index (χ3n) is 2.22. The molecule has 2 heterocycles. The minimum atomic E-state index is 0.316. The zero-order valence-corrected chi connectivity index (χ0v) is 7.72. The molecule has 0 amide bonds. The van der Waals surface area contributed by atoms with Gasteiger partial charge in [-0.1, -0.05) is 0 Å². The van der Waals surface area contributed by atoms with Crippen LogP contribution in [0.3, 0.4) is 0 Å². The molecule has 2 rings (SSSR count). The number of hydrogen-bond donors (Lipinski definition) is 1. The Labute approximate surface area is 76.7 Å². The van der Waals surface area contributed by atoms with E-state index in [1.54, 1.807) is 7.05 Å². The number of rotatable bonds is 2.